The van der Waals surface area contributed by atoms with Crippen molar-refractivity contribution < 1.29 is 4.79 Å². The highest BCUT2D eigenvalue weighted by atomic mass is 32.1. The second-order valence-electron chi connectivity index (χ2n) is 7.88. The van der Waals surface area contributed by atoms with E-state index in [2.05, 4.69) is 48.5 Å². The molecule has 1 amide bonds. The molecule has 0 atom stereocenters. The number of aromatic nitrogens is 3. The van der Waals surface area contributed by atoms with Gasteiger partial charge in [0, 0.05) is 11.6 Å². The van der Waals surface area contributed by atoms with Gasteiger partial charge in [-0.1, -0.05) is 53.8 Å². The van der Waals surface area contributed by atoms with Crippen LogP contribution in [0.15, 0.2) is 72.8 Å². The van der Waals surface area contributed by atoms with Gasteiger partial charge in [-0.15, -0.1) is 0 Å². The Bertz CT molecular complexity index is 1390. The fourth-order valence-corrected chi connectivity index (χ4v) is 4.64. The lowest BCUT2D eigenvalue weighted by molar-refractivity contribution is 0.102. The molecular formula is C26H22N4OS. The van der Waals surface area contributed by atoms with E-state index >= 15 is 0 Å². The van der Waals surface area contributed by atoms with Crippen molar-refractivity contribution in [3.63, 3.8) is 0 Å². The number of benzene rings is 3. The van der Waals surface area contributed by atoms with Gasteiger partial charge in [-0.25, -0.2) is 4.98 Å². The average Bonchev–Trinajstić information content (AvgIpc) is 3.37. The minimum Gasteiger partial charge on any atom is -0.306 e. The number of fused-ring (bicyclic) bond motifs is 1. The lowest BCUT2D eigenvalue weighted by Crippen LogP contribution is -2.15. The molecule has 0 radical (unpaired) electrons. The summed E-state index contributed by atoms with van der Waals surface area (Å²) in [6.07, 6.45) is 0. The van der Waals surface area contributed by atoms with Crippen molar-refractivity contribution in [2.24, 2.45) is 0 Å². The molecule has 32 heavy (non-hydrogen) atoms. The van der Waals surface area contributed by atoms with Crippen molar-refractivity contribution in [1.82, 2.24) is 14.8 Å². The van der Waals surface area contributed by atoms with Gasteiger partial charge in [-0.2, -0.15) is 9.78 Å². The Hall–Kier alpha value is -3.77. The molecule has 0 aliphatic rings. The molecular weight excluding hydrogens is 416 g/mol. The highest BCUT2D eigenvalue weighted by molar-refractivity contribution is 7.20. The Kier molecular flexibility index (Phi) is 5.07. The number of hydrogen-bond donors (Lipinski definition) is 1. The monoisotopic (exact) mass is 438 g/mol. The van der Waals surface area contributed by atoms with Gasteiger partial charge < -0.3 is 5.32 Å². The fourth-order valence-electron chi connectivity index (χ4n) is 3.63. The maximum absolute atomic E-state index is 12.9. The largest absolute Gasteiger partial charge is 0.306 e. The summed E-state index contributed by atoms with van der Waals surface area (Å²) in [4.78, 5) is 17.7. The predicted octanol–water partition coefficient (Wildman–Crippen LogP) is 6.33. The van der Waals surface area contributed by atoms with Crippen LogP contribution in [-0.4, -0.2) is 20.7 Å². The van der Waals surface area contributed by atoms with Crippen LogP contribution in [0.3, 0.4) is 0 Å². The third kappa shape index (κ3) is 3.81. The first-order valence-electron chi connectivity index (χ1n) is 10.4. The van der Waals surface area contributed by atoms with Crippen LogP contribution in [0.2, 0.25) is 0 Å². The second-order valence-corrected chi connectivity index (χ2v) is 8.89. The highest BCUT2D eigenvalue weighted by Gasteiger charge is 2.16. The fraction of sp³-hybridized carbons (Fsp3) is 0.115. The zero-order valence-electron chi connectivity index (χ0n) is 18.1. The Morgan fingerprint density at radius 1 is 0.875 bits per heavy atom. The molecule has 5 rings (SSSR count). The van der Waals surface area contributed by atoms with Crippen molar-refractivity contribution in [3.8, 4) is 16.3 Å². The van der Waals surface area contributed by atoms with Crippen LogP contribution in [0, 0.1) is 20.8 Å². The highest BCUT2D eigenvalue weighted by Crippen LogP contribution is 2.29. The first-order chi connectivity index (χ1) is 15.5. The lowest BCUT2D eigenvalue weighted by Gasteiger charge is -2.07. The Balaban J connectivity index is 1.42. The van der Waals surface area contributed by atoms with Crippen molar-refractivity contribution in [2.75, 3.05) is 5.32 Å². The molecule has 0 bridgehead atoms. The minimum absolute atomic E-state index is 0.182. The van der Waals surface area contributed by atoms with E-state index in [-0.39, 0.29) is 5.91 Å². The van der Waals surface area contributed by atoms with Crippen LogP contribution in [-0.2, 0) is 0 Å². The van der Waals surface area contributed by atoms with Crippen LogP contribution in [0.25, 0.3) is 26.5 Å². The van der Waals surface area contributed by atoms with Gasteiger partial charge in [0.2, 0.25) is 5.13 Å². The normalized spacial score (nSPS) is 11.1. The standard InChI is InChI=1S/C26H22N4OS/c1-16-13-22-23(14-17(16)2)32-26(27-22)30-24(15-18(3)29-30)28-25(31)21-11-9-20(10-12-21)19-7-5-4-6-8-19/h4-15H,1-3H3,(H,28,31). The van der Waals surface area contributed by atoms with E-state index in [0.29, 0.717) is 11.4 Å². The first-order valence-corrected chi connectivity index (χ1v) is 11.2. The number of aryl methyl sites for hydroxylation is 3. The molecule has 6 heteroatoms. The number of hydrogen-bond acceptors (Lipinski definition) is 4. The van der Waals surface area contributed by atoms with Gasteiger partial charge in [-0.3, -0.25) is 4.79 Å². The number of rotatable bonds is 4. The van der Waals surface area contributed by atoms with E-state index in [1.165, 1.54) is 11.1 Å². The van der Waals surface area contributed by atoms with Gasteiger partial charge in [0.25, 0.3) is 5.91 Å². The molecule has 1 N–H and O–H groups in total. The molecule has 0 spiro atoms. The molecule has 2 heterocycles. The summed E-state index contributed by atoms with van der Waals surface area (Å²) >= 11 is 1.56. The Morgan fingerprint density at radius 2 is 1.56 bits per heavy atom. The average molecular weight is 439 g/mol. The Morgan fingerprint density at radius 3 is 2.31 bits per heavy atom. The van der Waals surface area contributed by atoms with Crippen molar-refractivity contribution in [2.45, 2.75) is 20.8 Å². The second kappa shape index (κ2) is 8.05. The van der Waals surface area contributed by atoms with E-state index in [9.17, 15) is 4.79 Å². The number of anilines is 1. The Labute approximate surface area is 190 Å². The van der Waals surface area contributed by atoms with E-state index in [1.54, 1.807) is 16.0 Å². The molecule has 0 saturated heterocycles. The van der Waals surface area contributed by atoms with Crippen LogP contribution >= 0.6 is 11.3 Å². The van der Waals surface area contributed by atoms with Crippen molar-refractivity contribution in [3.05, 3.63) is 95.2 Å². The zero-order valence-corrected chi connectivity index (χ0v) is 18.9. The molecule has 3 aromatic carbocycles. The number of nitrogens with zero attached hydrogens (tertiary/aromatic N) is 3. The molecule has 0 aliphatic heterocycles. The number of nitrogens with one attached hydrogen (secondary N) is 1. The van der Waals surface area contributed by atoms with E-state index < -0.39 is 0 Å². The summed E-state index contributed by atoms with van der Waals surface area (Å²) < 4.78 is 2.81. The van der Waals surface area contributed by atoms with E-state index in [0.717, 1.165) is 32.2 Å². The topological polar surface area (TPSA) is 59.8 Å². The maximum Gasteiger partial charge on any atom is 0.256 e. The third-order valence-corrected chi connectivity index (χ3v) is 6.49. The molecule has 158 valence electrons. The molecule has 0 unspecified atom stereocenters. The predicted molar refractivity (Wildman–Crippen MR) is 131 cm³/mol. The maximum atomic E-state index is 12.9. The number of carbonyl (C=O) groups is 1. The molecule has 5 nitrogen and oxygen atoms in total. The molecule has 2 aromatic heterocycles. The summed E-state index contributed by atoms with van der Waals surface area (Å²) in [5.74, 6) is 0.422. The van der Waals surface area contributed by atoms with Gasteiger partial charge in [0.1, 0.15) is 5.82 Å². The van der Waals surface area contributed by atoms with Crippen molar-refractivity contribution in [1.29, 1.82) is 0 Å². The van der Waals surface area contributed by atoms with Crippen LogP contribution in [0.5, 0.6) is 0 Å². The number of carbonyl (C=O) groups excluding carboxylic acids is 1. The van der Waals surface area contributed by atoms with Crippen LogP contribution in [0.4, 0.5) is 5.82 Å². The molecule has 0 fully saturated rings. The quantitative estimate of drug-likeness (QED) is 0.357. The molecule has 0 saturated carbocycles. The summed E-state index contributed by atoms with van der Waals surface area (Å²) in [7, 11) is 0. The molecule has 5 aromatic rings. The van der Waals surface area contributed by atoms with Crippen LogP contribution in [0.1, 0.15) is 27.2 Å². The van der Waals surface area contributed by atoms with Crippen molar-refractivity contribution >= 4 is 33.3 Å². The van der Waals surface area contributed by atoms with Gasteiger partial charge in [0.15, 0.2) is 0 Å². The lowest BCUT2D eigenvalue weighted by atomic mass is 10.0. The van der Waals surface area contributed by atoms with Gasteiger partial charge in [0.05, 0.1) is 15.9 Å². The summed E-state index contributed by atoms with van der Waals surface area (Å²) in [5.41, 5.74) is 6.97. The third-order valence-electron chi connectivity index (χ3n) is 5.50. The summed E-state index contributed by atoms with van der Waals surface area (Å²) in [6.45, 7) is 6.09. The van der Waals surface area contributed by atoms with Gasteiger partial charge in [-0.05, 0) is 67.3 Å². The van der Waals surface area contributed by atoms with Crippen LogP contribution < -0.4 is 5.32 Å². The number of thiazole rings is 1. The smallest absolute Gasteiger partial charge is 0.256 e. The summed E-state index contributed by atoms with van der Waals surface area (Å²) in [5, 5.41) is 8.30. The minimum atomic E-state index is -0.182. The SMILES string of the molecule is Cc1cc(NC(=O)c2ccc(-c3ccccc3)cc2)n(-c2nc3cc(C)c(C)cc3s2)n1. The first kappa shape index (κ1) is 20.2. The molecule has 0 aliphatic carbocycles. The number of amides is 1. The summed E-state index contributed by atoms with van der Waals surface area (Å²) in [6, 6.07) is 23.8. The van der Waals surface area contributed by atoms with Gasteiger partial charge >= 0.3 is 0 Å². The van der Waals surface area contributed by atoms with E-state index in [1.807, 2.05) is 55.5 Å². The van der Waals surface area contributed by atoms with E-state index in [4.69, 9.17) is 4.98 Å². The zero-order chi connectivity index (χ0) is 22.2.